The summed E-state index contributed by atoms with van der Waals surface area (Å²) in [7, 11) is 0. The third-order valence-electron chi connectivity index (χ3n) is 3.79. The second-order valence-corrected chi connectivity index (χ2v) is 5.35. The Labute approximate surface area is 134 Å². The summed E-state index contributed by atoms with van der Waals surface area (Å²) in [6.45, 7) is -0.815. The van der Waals surface area contributed by atoms with Crippen LogP contribution in [0, 0.1) is 10.1 Å². The van der Waals surface area contributed by atoms with Crippen molar-refractivity contribution < 1.29 is 40.0 Å². The Kier molecular flexibility index (Phi) is 4.85. The monoisotopic (exact) mass is 344 g/mol. The SMILES string of the molecule is NC(=O)c1cc([N+](=O)[O-])cc([C@]2(O)O[C@H](CO)[C@H](O)[C@H](O)[C@H]2O)c1. The molecule has 1 aliphatic heterocycles. The lowest BCUT2D eigenvalue weighted by molar-refractivity contribution is -0.385. The van der Waals surface area contributed by atoms with Gasteiger partial charge in [-0.25, -0.2) is 0 Å². The molecule has 1 heterocycles. The number of primary amides is 1. The van der Waals surface area contributed by atoms with E-state index in [0.29, 0.717) is 0 Å². The van der Waals surface area contributed by atoms with E-state index in [4.69, 9.17) is 15.6 Å². The van der Waals surface area contributed by atoms with Gasteiger partial charge in [0.05, 0.1) is 11.5 Å². The van der Waals surface area contributed by atoms with E-state index in [9.17, 15) is 35.3 Å². The Bertz CT molecular complexity index is 633. The first-order valence-corrected chi connectivity index (χ1v) is 6.76. The van der Waals surface area contributed by atoms with E-state index < -0.39 is 58.9 Å². The van der Waals surface area contributed by atoms with Gasteiger partial charge < -0.3 is 36.0 Å². The summed E-state index contributed by atoms with van der Waals surface area (Å²) in [6.07, 6.45) is -7.22. The molecule has 1 saturated heterocycles. The van der Waals surface area contributed by atoms with Gasteiger partial charge in [-0.3, -0.25) is 14.9 Å². The fourth-order valence-electron chi connectivity index (χ4n) is 2.46. The van der Waals surface area contributed by atoms with Gasteiger partial charge in [0.1, 0.15) is 24.4 Å². The maximum Gasteiger partial charge on any atom is 0.270 e. The maximum atomic E-state index is 11.3. The number of aliphatic hydroxyl groups is 5. The number of hydrogen-bond acceptors (Lipinski definition) is 9. The molecule has 11 nitrogen and oxygen atoms in total. The number of amides is 1. The van der Waals surface area contributed by atoms with E-state index in [1.54, 1.807) is 0 Å². The Morgan fingerprint density at radius 2 is 1.92 bits per heavy atom. The number of nitrogens with two attached hydrogens (primary N) is 1. The zero-order valence-corrected chi connectivity index (χ0v) is 12.1. The molecule has 1 aromatic carbocycles. The Balaban J connectivity index is 2.59. The highest BCUT2D eigenvalue weighted by Crippen LogP contribution is 2.38. The van der Waals surface area contributed by atoms with Crippen LogP contribution >= 0.6 is 0 Å². The number of rotatable bonds is 4. The number of hydrogen-bond donors (Lipinski definition) is 6. The van der Waals surface area contributed by atoms with Gasteiger partial charge in [0, 0.05) is 23.3 Å². The molecular formula is C13H16N2O9. The van der Waals surface area contributed by atoms with Crippen molar-refractivity contribution in [1.82, 2.24) is 0 Å². The van der Waals surface area contributed by atoms with Crippen molar-refractivity contribution >= 4 is 11.6 Å². The standard InChI is InChI=1S/C13H16N2O9/c14-12(20)5-1-6(3-7(2-5)15(22)23)13(21)11(19)10(18)9(17)8(4-16)24-13/h1-3,8-11,16-19,21H,4H2,(H2,14,20)/t8-,9+,10+,11-,13+/m1/s1. The molecule has 1 aliphatic rings. The van der Waals surface area contributed by atoms with Crippen molar-refractivity contribution in [3.8, 4) is 0 Å². The van der Waals surface area contributed by atoms with Crippen molar-refractivity contribution in [1.29, 1.82) is 0 Å². The summed E-state index contributed by atoms with van der Waals surface area (Å²) < 4.78 is 5.04. The number of nitro groups is 1. The van der Waals surface area contributed by atoms with Gasteiger partial charge in [-0.15, -0.1) is 0 Å². The first-order valence-electron chi connectivity index (χ1n) is 6.76. The van der Waals surface area contributed by atoms with Crippen LogP contribution < -0.4 is 5.73 Å². The molecule has 0 radical (unpaired) electrons. The first kappa shape index (κ1) is 18.2. The number of nitro benzene ring substituents is 1. The Hall–Kier alpha value is -2.15. The molecule has 0 unspecified atom stereocenters. The first-order chi connectivity index (χ1) is 11.1. The van der Waals surface area contributed by atoms with Crippen LogP contribution in [0.2, 0.25) is 0 Å². The second kappa shape index (κ2) is 6.39. The quantitative estimate of drug-likeness (QED) is 0.249. The third kappa shape index (κ3) is 2.96. The van der Waals surface area contributed by atoms with Crippen LogP contribution in [-0.4, -0.2) is 67.4 Å². The zero-order valence-electron chi connectivity index (χ0n) is 12.1. The van der Waals surface area contributed by atoms with E-state index in [0.717, 1.165) is 18.2 Å². The van der Waals surface area contributed by atoms with E-state index in [2.05, 4.69) is 0 Å². The normalized spacial score (nSPS) is 33.2. The molecule has 7 N–H and O–H groups in total. The minimum absolute atomic E-state index is 0.343. The second-order valence-electron chi connectivity index (χ2n) is 5.35. The topological polar surface area (TPSA) is 197 Å². The summed E-state index contributed by atoms with van der Waals surface area (Å²) in [5, 5.41) is 60.3. The van der Waals surface area contributed by atoms with Crippen molar-refractivity contribution in [2.75, 3.05) is 6.61 Å². The molecule has 0 aromatic heterocycles. The van der Waals surface area contributed by atoms with Crippen molar-refractivity contribution in [3.63, 3.8) is 0 Å². The zero-order chi connectivity index (χ0) is 18.2. The fourth-order valence-corrected chi connectivity index (χ4v) is 2.46. The number of nitrogens with zero attached hydrogens (tertiary/aromatic N) is 1. The minimum atomic E-state index is -2.72. The van der Waals surface area contributed by atoms with Gasteiger partial charge in [-0.05, 0) is 6.07 Å². The maximum absolute atomic E-state index is 11.3. The van der Waals surface area contributed by atoms with Gasteiger partial charge in [-0.2, -0.15) is 0 Å². The summed E-state index contributed by atoms with van der Waals surface area (Å²) in [5.74, 6) is -3.75. The highest BCUT2D eigenvalue weighted by Gasteiger charge is 2.54. The molecule has 0 aliphatic carbocycles. The average molecular weight is 344 g/mol. The largest absolute Gasteiger partial charge is 0.394 e. The predicted octanol–water partition coefficient (Wildman–Crippen LogP) is -2.69. The number of carbonyl (C=O) groups excluding carboxylic acids is 1. The molecule has 1 aromatic rings. The summed E-state index contributed by atoms with van der Waals surface area (Å²) >= 11 is 0. The number of aliphatic hydroxyl groups excluding tert-OH is 4. The van der Waals surface area contributed by atoms with Crippen LogP contribution in [0.3, 0.4) is 0 Å². The lowest BCUT2D eigenvalue weighted by Crippen LogP contribution is -2.63. The number of carbonyl (C=O) groups is 1. The van der Waals surface area contributed by atoms with Crippen LogP contribution in [0.1, 0.15) is 15.9 Å². The lowest BCUT2D eigenvalue weighted by atomic mass is 9.87. The van der Waals surface area contributed by atoms with E-state index in [1.165, 1.54) is 0 Å². The van der Waals surface area contributed by atoms with Crippen molar-refractivity contribution in [2.24, 2.45) is 5.73 Å². The molecule has 1 amide bonds. The highest BCUT2D eigenvalue weighted by atomic mass is 16.7. The molecule has 5 atom stereocenters. The van der Waals surface area contributed by atoms with Crippen LogP contribution in [-0.2, 0) is 10.5 Å². The van der Waals surface area contributed by atoms with E-state index in [1.807, 2.05) is 0 Å². The third-order valence-corrected chi connectivity index (χ3v) is 3.79. The molecule has 24 heavy (non-hydrogen) atoms. The Morgan fingerprint density at radius 3 is 2.42 bits per heavy atom. The molecule has 0 saturated carbocycles. The van der Waals surface area contributed by atoms with Crippen LogP contribution in [0.15, 0.2) is 18.2 Å². The number of benzene rings is 1. The summed E-state index contributed by atoms with van der Waals surface area (Å²) in [6, 6.07) is 2.62. The van der Waals surface area contributed by atoms with Gasteiger partial charge >= 0.3 is 0 Å². The molecule has 2 rings (SSSR count). The van der Waals surface area contributed by atoms with Gasteiger partial charge in [-0.1, -0.05) is 0 Å². The molecule has 0 bridgehead atoms. The predicted molar refractivity (Wildman–Crippen MR) is 75.5 cm³/mol. The van der Waals surface area contributed by atoms with Crippen LogP contribution in [0.4, 0.5) is 5.69 Å². The smallest absolute Gasteiger partial charge is 0.270 e. The molecule has 0 spiro atoms. The van der Waals surface area contributed by atoms with Crippen molar-refractivity contribution in [2.45, 2.75) is 30.2 Å². The molecular weight excluding hydrogens is 328 g/mol. The van der Waals surface area contributed by atoms with E-state index in [-0.39, 0.29) is 5.56 Å². The molecule has 1 fully saturated rings. The van der Waals surface area contributed by atoms with Crippen LogP contribution in [0.5, 0.6) is 0 Å². The summed E-state index contributed by atoms with van der Waals surface area (Å²) in [4.78, 5) is 21.4. The van der Waals surface area contributed by atoms with Crippen molar-refractivity contribution in [3.05, 3.63) is 39.4 Å². The van der Waals surface area contributed by atoms with Gasteiger partial charge in [0.15, 0.2) is 0 Å². The minimum Gasteiger partial charge on any atom is -0.394 e. The lowest BCUT2D eigenvalue weighted by Gasteiger charge is -2.45. The highest BCUT2D eigenvalue weighted by molar-refractivity contribution is 5.93. The van der Waals surface area contributed by atoms with Crippen LogP contribution in [0.25, 0.3) is 0 Å². The number of non-ortho nitro benzene ring substituents is 1. The molecule has 11 heteroatoms. The van der Waals surface area contributed by atoms with Gasteiger partial charge in [0.2, 0.25) is 11.7 Å². The van der Waals surface area contributed by atoms with E-state index >= 15 is 0 Å². The molecule has 132 valence electrons. The van der Waals surface area contributed by atoms with Gasteiger partial charge in [0.25, 0.3) is 5.69 Å². The Morgan fingerprint density at radius 1 is 1.29 bits per heavy atom. The fraction of sp³-hybridized carbons (Fsp3) is 0.462. The average Bonchev–Trinajstić information content (AvgIpc) is 2.55. The summed E-state index contributed by atoms with van der Waals surface area (Å²) in [5.41, 5.74) is 3.68. The number of ether oxygens (including phenoxy) is 1.